The fraction of sp³-hybridized carbons (Fsp3) is 0.900. The molecule has 1 heterocycles. The number of phosphoric acid groups is 1. The predicted molar refractivity (Wildman–Crippen MR) is 126 cm³/mol. The van der Waals surface area contributed by atoms with Gasteiger partial charge in [0.1, 0.15) is 17.6 Å². The molecule has 0 aromatic rings. The molecule has 0 N–H and O–H groups in total. The number of carbonyl (C=O) groups is 2. The van der Waals surface area contributed by atoms with Crippen molar-refractivity contribution in [2.45, 2.75) is 90.1 Å². The summed E-state index contributed by atoms with van der Waals surface area (Å²) in [5.74, 6) is -0.725. The summed E-state index contributed by atoms with van der Waals surface area (Å²) < 4.78 is 46.5. The maximum atomic E-state index is 13.2. The highest BCUT2D eigenvalue weighted by Crippen LogP contribution is 2.50. The minimum absolute atomic E-state index is 0.183. The third kappa shape index (κ3) is 10.5. The zero-order valence-electron chi connectivity index (χ0n) is 20.4. The molecule has 0 bridgehead atoms. The van der Waals surface area contributed by atoms with Crippen LogP contribution in [0.4, 0.5) is 0 Å². The average Bonchev–Trinajstić information content (AvgIpc) is 2.76. The Bertz CT molecular complexity index is 724. The van der Waals surface area contributed by atoms with Gasteiger partial charge in [-0.3, -0.25) is 23.2 Å². The molecule has 0 amide bonds. The summed E-state index contributed by atoms with van der Waals surface area (Å²) in [7, 11) is -3.93. The molecular formula is C20H36N3O9PS. The number of unbranched alkanes of at least 4 members (excludes halogenated alkanes) is 2. The fourth-order valence-corrected chi connectivity index (χ4v) is 5.30. The highest BCUT2D eigenvalue weighted by atomic mass is 32.2. The second-order valence-electron chi connectivity index (χ2n) is 7.46. The highest BCUT2D eigenvalue weighted by molar-refractivity contribution is 7.99. The third-order valence-corrected chi connectivity index (χ3v) is 7.14. The van der Waals surface area contributed by atoms with Gasteiger partial charge in [0, 0.05) is 18.8 Å². The number of carbonyl (C=O) groups excluding carboxylic acids is 2. The van der Waals surface area contributed by atoms with E-state index >= 15 is 0 Å². The number of esters is 2. The number of ether oxygens (including phenoxy) is 3. The number of phosphoric ester groups is 1. The molecule has 0 aromatic carbocycles. The number of rotatable bonds is 16. The molecule has 34 heavy (non-hydrogen) atoms. The zero-order chi connectivity index (χ0) is 25.6. The maximum Gasteiger partial charge on any atom is 0.474 e. The van der Waals surface area contributed by atoms with Crippen molar-refractivity contribution in [2.24, 2.45) is 5.11 Å². The van der Waals surface area contributed by atoms with Gasteiger partial charge in [-0.15, -0.1) is 11.8 Å². The molecule has 12 nitrogen and oxygen atoms in total. The van der Waals surface area contributed by atoms with E-state index < -0.39 is 49.6 Å². The highest BCUT2D eigenvalue weighted by Gasteiger charge is 2.50. The van der Waals surface area contributed by atoms with Crippen molar-refractivity contribution in [1.29, 1.82) is 0 Å². The number of hydrogen-bond acceptors (Lipinski definition) is 11. The molecule has 0 aromatic heterocycles. The van der Waals surface area contributed by atoms with Crippen LogP contribution in [0, 0.1) is 0 Å². The van der Waals surface area contributed by atoms with E-state index in [0.29, 0.717) is 18.6 Å². The topological polar surface area (TPSA) is 155 Å². The lowest BCUT2D eigenvalue weighted by atomic mass is 9.98. The number of hydrogen-bond donors (Lipinski definition) is 0. The van der Waals surface area contributed by atoms with Crippen molar-refractivity contribution in [2.75, 3.05) is 25.6 Å². The van der Waals surface area contributed by atoms with Crippen LogP contribution in [0.1, 0.15) is 60.3 Å². The van der Waals surface area contributed by atoms with E-state index in [1.165, 1.54) is 25.6 Å². The predicted octanol–water partition coefficient (Wildman–Crippen LogP) is 4.76. The Morgan fingerprint density at radius 2 is 1.56 bits per heavy atom. The molecule has 1 rings (SSSR count). The van der Waals surface area contributed by atoms with Gasteiger partial charge in [-0.05, 0) is 24.1 Å². The Labute approximate surface area is 204 Å². The summed E-state index contributed by atoms with van der Waals surface area (Å²) in [5.41, 5.74) is 8.33. The molecule has 14 heteroatoms. The second kappa shape index (κ2) is 16.4. The Balaban J connectivity index is 3.19. The molecule has 0 spiro atoms. The first-order valence-electron chi connectivity index (χ1n) is 11.4. The Morgan fingerprint density at radius 1 is 1.00 bits per heavy atom. The molecule has 196 valence electrons. The number of thioether (sulfide) groups is 1. The van der Waals surface area contributed by atoms with E-state index in [2.05, 4.69) is 10.0 Å². The molecule has 2 unspecified atom stereocenters. The van der Waals surface area contributed by atoms with Crippen LogP contribution in [-0.4, -0.2) is 67.3 Å². The Morgan fingerprint density at radius 3 is 2.03 bits per heavy atom. The summed E-state index contributed by atoms with van der Waals surface area (Å²) >= 11 is 1.32. The number of nitrogens with zero attached hydrogens (tertiary/aromatic N) is 3. The summed E-state index contributed by atoms with van der Waals surface area (Å²) in [6.45, 7) is 8.21. The van der Waals surface area contributed by atoms with E-state index in [1.807, 2.05) is 20.8 Å². The van der Waals surface area contributed by atoms with Crippen LogP contribution in [0.25, 0.3) is 10.4 Å². The van der Waals surface area contributed by atoms with E-state index in [9.17, 15) is 14.2 Å². The molecular weight excluding hydrogens is 489 g/mol. The molecule has 0 aliphatic carbocycles. The summed E-state index contributed by atoms with van der Waals surface area (Å²) in [6, 6.07) is -0.965. The molecule has 5 atom stereocenters. The van der Waals surface area contributed by atoms with Gasteiger partial charge in [-0.25, -0.2) is 4.57 Å². The van der Waals surface area contributed by atoms with Gasteiger partial charge in [-0.1, -0.05) is 38.7 Å². The Kier molecular flexibility index (Phi) is 14.8. The number of azide groups is 1. The first-order valence-corrected chi connectivity index (χ1v) is 13.9. The van der Waals surface area contributed by atoms with Crippen molar-refractivity contribution in [1.82, 2.24) is 0 Å². The lowest BCUT2D eigenvalue weighted by Gasteiger charge is -2.43. The van der Waals surface area contributed by atoms with Gasteiger partial charge < -0.3 is 14.2 Å². The summed E-state index contributed by atoms with van der Waals surface area (Å²) in [5, 5.41) is 3.74. The van der Waals surface area contributed by atoms with E-state index in [-0.39, 0.29) is 19.8 Å². The minimum atomic E-state index is -3.93. The van der Waals surface area contributed by atoms with Crippen LogP contribution in [-0.2, 0) is 41.9 Å². The van der Waals surface area contributed by atoms with Gasteiger partial charge in [0.15, 0.2) is 12.2 Å². The van der Waals surface area contributed by atoms with Crippen LogP contribution in [0.5, 0.6) is 0 Å². The summed E-state index contributed by atoms with van der Waals surface area (Å²) in [6.07, 6.45) is -0.321. The minimum Gasteiger partial charge on any atom is -0.458 e. The summed E-state index contributed by atoms with van der Waals surface area (Å²) in [4.78, 5) is 26.5. The Hall–Kier alpha value is -1.33. The fourth-order valence-electron chi connectivity index (χ4n) is 3.09. The molecule has 1 fully saturated rings. The van der Waals surface area contributed by atoms with Crippen LogP contribution in [0.3, 0.4) is 0 Å². The smallest absolute Gasteiger partial charge is 0.458 e. The van der Waals surface area contributed by atoms with Crippen molar-refractivity contribution in [3.63, 3.8) is 0 Å². The largest absolute Gasteiger partial charge is 0.474 e. The maximum absolute atomic E-state index is 13.2. The van der Waals surface area contributed by atoms with Crippen molar-refractivity contribution in [3.8, 4) is 0 Å². The first kappa shape index (κ1) is 30.7. The quantitative estimate of drug-likeness (QED) is 0.0687. The lowest BCUT2D eigenvalue weighted by Crippen LogP contribution is -2.59. The molecule has 1 saturated heterocycles. The zero-order valence-corrected chi connectivity index (χ0v) is 22.1. The second-order valence-corrected chi connectivity index (χ2v) is 10.5. The van der Waals surface area contributed by atoms with Crippen molar-refractivity contribution in [3.05, 3.63) is 10.4 Å². The molecule has 1 aliphatic heterocycles. The monoisotopic (exact) mass is 525 g/mol. The van der Waals surface area contributed by atoms with Crippen LogP contribution >= 0.6 is 19.6 Å². The van der Waals surface area contributed by atoms with Crippen LogP contribution in [0.2, 0.25) is 0 Å². The van der Waals surface area contributed by atoms with Crippen LogP contribution in [0.15, 0.2) is 5.11 Å². The first-order chi connectivity index (χ1) is 16.2. The third-order valence-electron chi connectivity index (χ3n) is 4.63. The molecule has 0 radical (unpaired) electrons. The molecule has 1 aliphatic rings. The van der Waals surface area contributed by atoms with Gasteiger partial charge in [0.05, 0.1) is 19.8 Å². The van der Waals surface area contributed by atoms with E-state index in [1.54, 1.807) is 0 Å². The van der Waals surface area contributed by atoms with Gasteiger partial charge >= 0.3 is 19.8 Å². The van der Waals surface area contributed by atoms with Gasteiger partial charge in [0.25, 0.3) is 0 Å². The van der Waals surface area contributed by atoms with Crippen molar-refractivity contribution < 1.29 is 41.9 Å². The molecule has 0 saturated carbocycles. The normalized spacial score (nSPS) is 24.8. The van der Waals surface area contributed by atoms with Crippen molar-refractivity contribution >= 4 is 31.5 Å². The van der Waals surface area contributed by atoms with E-state index in [4.69, 9.17) is 33.3 Å². The average molecular weight is 526 g/mol. The van der Waals surface area contributed by atoms with Gasteiger partial charge in [0.2, 0.25) is 0 Å². The lowest BCUT2D eigenvalue weighted by molar-refractivity contribution is -0.205. The van der Waals surface area contributed by atoms with Gasteiger partial charge in [-0.2, -0.15) is 0 Å². The van der Waals surface area contributed by atoms with E-state index in [0.717, 1.165) is 12.8 Å². The SMILES string of the molecule is CCCCOP(=O)(OCCCC)OCC1O[C@@H](SCC)C(N=[N+]=[N-])[C@@H](OC(C)=O)[C@@H]1OC(C)=O. The van der Waals surface area contributed by atoms with Crippen LogP contribution < -0.4 is 0 Å². The standard InChI is InChI=1S/C20H36N3O9PS/c1-6-9-11-27-33(26,28-12-10-7-2)29-13-16-18(30-14(4)24)19(31-15(5)25)17(22-23-21)20(32-16)34-8-3/h16-20H,6-13H2,1-5H3/t16?,17?,18-,19-,20+/m1/s1.